The first-order valence-corrected chi connectivity index (χ1v) is 4.68. The van der Waals surface area contributed by atoms with Crippen LogP contribution >= 0.6 is 0 Å². The predicted octanol–water partition coefficient (Wildman–Crippen LogP) is 2.12. The zero-order valence-electron chi connectivity index (χ0n) is 8.25. The lowest BCUT2D eigenvalue weighted by molar-refractivity contribution is -0.275. The summed E-state index contributed by atoms with van der Waals surface area (Å²) in [7, 11) is 0. The molecule has 1 aliphatic heterocycles. The summed E-state index contributed by atoms with van der Waals surface area (Å²) in [5.74, 6) is -0.235. The summed E-state index contributed by atoms with van der Waals surface area (Å²) in [4.78, 5) is 0. The van der Waals surface area contributed by atoms with Crippen LogP contribution in [0.3, 0.4) is 0 Å². The molecule has 6 heteroatoms. The molecule has 0 fully saturated rings. The second-order valence-corrected chi connectivity index (χ2v) is 3.50. The molecule has 0 bridgehead atoms. The fourth-order valence-electron chi connectivity index (χ4n) is 1.73. The fraction of sp³-hybridized carbons (Fsp3) is 0.400. The van der Waals surface area contributed by atoms with Crippen LogP contribution < -0.4 is 10.5 Å². The number of nitrogens with two attached hydrogens (primary N) is 1. The van der Waals surface area contributed by atoms with E-state index in [-0.39, 0.29) is 19.0 Å². The minimum atomic E-state index is -4.70. The molecule has 1 heterocycles. The van der Waals surface area contributed by atoms with Gasteiger partial charge in [-0.3, -0.25) is 0 Å². The number of halogens is 3. The first-order chi connectivity index (χ1) is 7.47. The molecule has 3 nitrogen and oxygen atoms in total. The monoisotopic (exact) mass is 233 g/mol. The van der Waals surface area contributed by atoms with Gasteiger partial charge in [0, 0.05) is 5.56 Å². The van der Waals surface area contributed by atoms with Crippen LogP contribution in [0.15, 0.2) is 18.2 Å². The molecular formula is C10H10F3NO2. The lowest BCUT2D eigenvalue weighted by atomic mass is 9.98. The second kappa shape index (κ2) is 3.95. The zero-order valence-corrected chi connectivity index (χ0v) is 8.25. The summed E-state index contributed by atoms with van der Waals surface area (Å²) in [6.07, 6.45) is -4.70. The molecule has 0 spiro atoms. The normalized spacial score (nSPS) is 20.4. The van der Waals surface area contributed by atoms with Crippen molar-refractivity contribution in [2.45, 2.75) is 19.0 Å². The first-order valence-electron chi connectivity index (χ1n) is 4.68. The topological polar surface area (TPSA) is 44.5 Å². The van der Waals surface area contributed by atoms with Crippen LogP contribution in [0, 0.1) is 0 Å². The smallest absolute Gasteiger partial charge is 0.405 e. The van der Waals surface area contributed by atoms with Crippen molar-refractivity contribution < 1.29 is 22.6 Å². The van der Waals surface area contributed by atoms with Gasteiger partial charge in [0.25, 0.3) is 0 Å². The van der Waals surface area contributed by atoms with Crippen LogP contribution in [0.25, 0.3) is 0 Å². The Morgan fingerprint density at radius 2 is 2.12 bits per heavy atom. The van der Waals surface area contributed by atoms with Gasteiger partial charge in [-0.05, 0) is 11.6 Å². The highest BCUT2D eigenvalue weighted by Crippen LogP contribution is 2.34. The molecule has 0 unspecified atom stereocenters. The maximum absolute atomic E-state index is 12.1. The quantitative estimate of drug-likeness (QED) is 0.808. The van der Waals surface area contributed by atoms with Crippen LogP contribution in [-0.4, -0.2) is 13.0 Å². The Morgan fingerprint density at radius 3 is 2.81 bits per heavy atom. The molecule has 2 N–H and O–H groups in total. The Labute approximate surface area is 89.9 Å². The van der Waals surface area contributed by atoms with Crippen molar-refractivity contribution in [1.29, 1.82) is 0 Å². The van der Waals surface area contributed by atoms with E-state index in [1.54, 1.807) is 6.07 Å². The number of alkyl halides is 3. The Morgan fingerprint density at radius 1 is 1.38 bits per heavy atom. The van der Waals surface area contributed by atoms with Gasteiger partial charge in [0.05, 0.1) is 19.3 Å². The molecular weight excluding hydrogens is 223 g/mol. The first kappa shape index (κ1) is 11.2. The summed E-state index contributed by atoms with van der Waals surface area (Å²) in [5, 5.41) is 0. The SMILES string of the molecule is N[C@H]1COCc2cccc(OC(F)(F)F)c21. The number of benzene rings is 1. The maximum Gasteiger partial charge on any atom is 0.573 e. The molecule has 16 heavy (non-hydrogen) atoms. The Kier molecular flexibility index (Phi) is 2.77. The van der Waals surface area contributed by atoms with E-state index >= 15 is 0 Å². The summed E-state index contributed by atoms with van der Waals surface area (Å²) in [5.41, 5.74) is 6.71. The lowest BCUT2D eigenvalue weighted by Crippen LogP contribution is -2.26. The van der Waals surface area contributed by atoms with Gasteiger partial charge >= 0.3 is 6.36 Å². The summed E-state index contributed by atoms with van der Waals surface area (Å²) in [6, 6.07) is 3.85. The molecule has 2 rings (SSSR count). The van der Waals surface area contributed by atoms with Crippen LogP contribution in [0.5, 0.6) is 5.75 Å². The van der Waals surface area contributed by atoms with Crippen LogP contribution in [0.4, 0.5) is 13.2 Å². The number of hydrogen-bond donors (Lipinski definition) is 1. The largest absolute Gasteiger partial charge is 0.573 e. The molecule has 88 valence electrons. The van der Waals surface area contributed by atoms with Gasteiger partial charge < -0.3 is 15.2 Å². The third kappa shape index (κ3) is 2.28. The van der Waals surface area contributed by atoms with Crippen LogP contribution in [-0.2, 0) is 11.3 Å². The average molecular weight is 233 g/mol. The Bertz CT molecular complexity index is 392. The summed E-state index contributed by atoms with van der Waals surface area (Å²) in [6.45, 7) is 0.462. The second-order valence-electron chi connectivity index (χ2n) is 3.50. The highest BCUT2D eigenvalue weighted by Gasteiger charge is 2.34. The zero-order chi connectivity index (χ0) is 11.8. The van der Waals surface area contributed by atoms with E-state index in [1.807, 2.05) is 0 Å². The number of fused-ring (bicyclic) bond motifs is 1. The van der Waals surface area contributed by atoms with Crippen molar-refractivity contribution in [3.63, 3.8) is 0 Å². The third-order valence-electron chi connectivity index (χ3n) is 2.31. The highest BCUT2D eigenvalue weighted by atomic mass is 19.4. The van der Waals surface area contributed by atoms with Gasteiger partial charge in [-0.1, -0.05) is 12.1 Å². The van der Waals surface area contributed by atoms with Crippen molar-refractivity contribution >= 4 is 0 Å². The number of rotatable bonds is 1. The van der Waals surface area contributed by atoms with E-state index in [9.17, 15) is 13.2 Å². The fourth-order valence-corrected chi connectivity index (χ4v) is 1.73. The van der Waals surface area contributed by atoms with Crippen molar-refractivity contribution in [1.82, 2.24) is 0 Å². The van der Waals surface area contributed by atoms with E-state index in [0.717, 1.165) is 0 Å². The third-order valence-corrected chi connectivity index (χ3v) is 2.31. The van der Waals surface area contributed by atoms with Crippen molar-refractivity contribution in [3.8, 4) is 5.75 Å². The van der Waals surface area contributed by atoms with E-state index in [4.69, 9.17) is 10.5 Å². The van der Waals surface area contributed by atoms with Crippen molar-refractivity contribution in [2.75, 3.05) is 6.61 Å². The van der Waals surface area contributed by atoms with Gasteiger partial charge in [0.2, 0.25) is 0 Å². The number of hydrogen-bond acceptors (Lipinski definition) is 3. The Hall–Kier alpha value is -1.27. The standard InChI is InChI=1S/C10H10F3NO2/c11-10(12,13)16-8-3-1-2-6-4-15-5-7(14)9(6)8/h1-3,7H,4-5,14H2/t7-/m0/s1. The van der Waals surface area contributed by atoms with Crippen LogP contribution in [0.2, 0.25) is 0 Å². The van der Waals surface area contributed by atoms with E-state index < -0.39 is 12.4 Å². The lowest BCUT2D eigenvalue weighted by Gasteiger charge is -2.25. The summed E-state index contributed by atoms with van der Waals surface area (Å²) >= 11 is 0. The maximum atomic E-state index is 12.1. The Balaban J connectivity index is 2.38. The molecule has 0 amide bonds. The molecule has 1 aromatic rings. The molecule has 1 atom stereocenters. The van der Waals surface area contributed by atoms with E-state index in [2.05, 4.69) is 4.74 Å². The molecule has 0 aromatic heterocycles. The van der Waals surface area contributed by atoms with E-state index in [1.165, 1.54) is 12.1 Å². The van der Waals surface area contributed by atoms with Crippen molar-refractivity contribution in [3.05, 3.63) is 29.3 Å². The van der Waals surface area contributed by atoms with Crippen LogP contribution in [0.1, 0.15) is 17.2 Å². The number of ether oxygens (including phenoxy) is 2. The molecule has 0 aliphatic carbocycles. The molecule has 0 radical (unpaired) electrons. The average Bonchev–Trinajstić information content (AvgIpc) is 2.15. The predicted molar refractivity (Wildman–Crippen MR) is 49.7 cm³/mol. The van der Waals surface area contributed by atoms with Gasteiger partial charge in [0.15, 0.2) is 0 Å². The highest BCUT2D eigenvalue weighted by molar-refractivity contribution is 5.43. The summed E-state index contributed by atoms with van der Waals surface area (Å²) < 4.78 is 45.5. The molecule has 0 saturated carbocycles. The van der Waals surface area contributed by atoms with E-state index in [0.29, 0.717) is 11.1 Å². The van der Waals surface area contributed by atoms with Crippen molar-refractivity contribution in [2.24, 2.45) is 5.73 Å². The van der Waals surface area contributed by atoms with Gasteiger partial charge in [-0.15, -0.1) is 13.2 Å². The molecule has 0 saturated heterocycles. The minimum absolute atomic E-state index is 0.200. The van der Waals surface area contributed by atoms with Gasteiger partial charge in [-0.2, -0.15) is 0 Å². The molecule has 1 aromatic carbocycles. The molecule has 1 aliphatic rings. The van der Waals surface area contributed by atoms with Gasteiger partial charge in [0.1, 0.15) is 5.75 Å². The van der Waals surface area contributed by atoms with Gasteiger partial charge in [-0.25, -0.2) is 0 Å². The minimum Gasteiger partial charge on any atom is -0.405 e.